The van der Waals surface area contributed by atoms with Crippen LogP contribution < -0.4 is 0 Å². The van der Waals surface area contributed by atoms with Crippen LogP contribution in [0.25, 0.3) is 0 Å². The van der Waals surface area contributed by atoms with Crippen LogP contribution in [0.3, 0.4) is 0 Å². The number of unbranched alkanes of at least 4 members (excludes halogenated alkanes) is 2. The van der Waals surface area contributed by atoms with Crippen molar-refractivity contribution in [3.05, 3.63) is 0 Å². The van der Waals surface area contributed by atoms with Crippen molar-refractivity contribution in [3.8, 4) is 0 Å². The summed E-state index contributed by atoms with van der Waals surface area (Å²) in [4.78, 5) is 11.3. The molecule has 1 heterocycles. The average molecular weight is 228 g/mol. The summed E-state index contributed by atoms with van der Waals surface area (Å²) < 4.78 is 10.0. The second kappa shape index (κ2) is 6.24. The topological polar surface area (TPSA) is 38.8 Å². The molecule has 0 spiro atoms. The van der Waals surface area contributed by atoms with Crippen LogP contribution in [0.5, 0.6) is 0 Å². The zero-order valence-corrected chi connectivity index (χ0v) is 10.8. The van der Waals surface area contributed by atoms with E-state index in [1.165, 1.54) is 12.8 Å². The Morgan fingerprint density at radius 1 is 1.31 bits per heavy atom. The highest BCUT2D eigenvalue weighted by molar-refractivity contribution is 5.69. The highest BCUT2D eigenvalue weighted by Crippen LogP contribution is 2.22. The van der Waals surface area contributed by atoms with E-state index in [1.807, 2.05) is 0 Å². The molecule has 1 rings (SSSR count). The van der Waals surface area contributed by atoms with Gasteiger partial charge in [0.1, 0.15) is 12.7 Å². The first kappa shape index (κ1) is 13.5. The Morgan fingerprint density at radius 3 is 2.56 bits per heavy atom. The Labute approximate surface area is 98.5 Å². The van der Waals surface area contributed by atoms with Crippen LogP contribution in [0.1, 0.15) is 52.9 Å². The minimum Gasteiger partial charge on any atom is -0.463 e. The van der Waals surface area contributed by atoms with Crippen molar-refractivity contribution in [2.75, 3.05) is 13.2 Å². The molecule has 0 amide bonds. The van der Waals surface area contributed by atoms with E-state index >= 15 is 0 Å². The number of hydrogen-bond donors (Lipinski definition) is 0. The second-order valence-electron chi connectivity index (χ2n) is 5.76. The van der Waals surface area contributed by atoms with Gasteiger partial charge in [-0.2, -0.15) is 0 Å². The molecule has 0 aromatic carbocycles. The predicted molar refractivity (Wildman–Crippen MR) is 63.2 cm³/mol. The van der Waals surface area contributed by atoms with E-state index < -0.39 is 0 Å². The van der Waals surface area contributed by atoms with Gasteiger partial charge in [-0.1, -0.05) is 33.6 Å². The van der Waals surface area contributed by atoms with E-state index in [1.54, 1.807) is 0 Å². The van der Waals surface area contributed by atoms with Crippen LogP contribution in [0.15, 0.2) is 0 Å². The summed E-state index contributed by atoms with van der Waals surface area (Å²) in [6.07, 6.45) is 5.22. The maximum absolute atomic E-state index is 11.3. The molecule has 0 aliphatic carbocycles. The summed E-state index contributed by atoms with van der Waals surface area (Å²) >= 11 is 0. The molecule has 3 nitrogen and oxygen atoms in total. The quantitative estimate of drug-likeness (QED) is 0.382. The van der Waals surface area contributed by atoms with E-state index in [-0.39, 0.29) is 12.1 Å². The lowest BCUT2D eigenvalue weighted by atomic mass is 9.89. The third kappa shape index (κ3) is 7.69. The number of carbonyl (C=O) groups is 1. The van der Waals surface area contributed by atoms with Gasteiger partial charge in [-0.05, 0) is 18.3 Å². The van der Waals surface area contributed by atoms with Gasteiger partial charge in [-0.25, -0.2) is 0 Å². The van der Waals surface area contributed by atoms with E-state index in [0.717, 1.165) is 19.4 Å². The first-order valence-electron chi connectivity index (χ1n) is 6.24. The summed E-state index contributed by atoms with van der Waals surface area (Å²) in [6, 6.07) is 0. The number of epoxide rings is 1. The molecule has 1 fully saturated rings. The molecule has 16 heavy (non-hydrogen) atoms. The molecule has 1 atom stereocenters. The Balaban J connectivity index is 1.87. The summed E-state index contributed by atoms with van der Waals surface area (Å²) in [5.74, 6) is -0.0775. The van der Waals surface area contributed by atoms with Crippen molar-refractivity contribution in [2.24, 2.45) is 5.41 Å². The molecule has 3 heteroatoms. The predicted octanol–water partition coefficient (Wildman–Crippen LogP) is 2.93. The van der Waals surface area contributed by atoms with Gasteiger partial charge in [0, 0.05) is 6.42 Å². The summed E-state index contributed by atoms with van der Waals surface area (Å²) in [7, 11) is 0. The van der Waals surface area contributed by atoms with Gasteiger partial charge in [0.2, 0.25) is 0 Å². The molecule has 0 aromatic heterocycles. The molecule has 0 saturated carbocycles. The van der Waals surface area contributed by atoms with E-state index in [2.05, 4.69) is 20.8 Å². The summed E-state index contributed by atoms with van der Waals surface area (Å²) in [6.45, 7) is 7.93. The van der Waals surface area contributed by atoms with Crippen LogP contribution in [0, 0.1) is 5.41 Å². The smallest absolute Gasteiger partial charge is 0.305 e. The zero-order chi connectivity index (χ0) is 12.0. The van der Waals surface area contributed by atoms with Gasteiger partial charge >= 0.3 is 5.97 Å². The van der Waals surface area contributed by atoms with Crippen molar-refractivity contribution in [1.82, 2.24) is 0 Å². The van der Waals surface area contributed by atoms with Crippen molar-refractivity contribution >= 4 is 5.97 Å². The van der Waals surface area contributed by atoms with Gasteiger partial charge < -0.3 is 9.47 Å². The maximum atomic E-state index is 11.3. The minimum atomic E-state index is -0.0775. The number of rotatable bonds is 7. The Kier molecular flexibility index (Phi) is 5.26. The van der Waals surface area contributed by atoms with Gasteiger partial charge in [0.05, 0.1) is 6.61 Å². The highest BCUT2D eigenvalue weighted by atomic mass is 16.6. The molecule has 0 N–H and O–H groups in total. The van der Waals surface area contributed by atoms with Crippen molar-refractivity contribution in [3.63, 3.8) is 0 Å². The third-order valence-corrected chi connectivity index (χ3v) is 2.64. The first-order chi connectivity index (χ1) is 7.47. The lowest BCUT2D eigenvalue weighted by Crippen LogP contribution is -2.09. The van der Waals surface area contributed by atoms with Gasteiger partial charge in [-0.15, -0.1) is 0 Å². The highest BCUT2D eigenvalue weighted by Gasteiger charge is 2.23. The molecule has 0 aromatic rings. The van der Waals surface area contributed by atoms with Gasteiger partial charge in [0.25, 0.3) is 0 Å². The Bertz CT molecular complexity index is 214. The maximum Gasteiger partial charge on any atom is 0.305 e. The lowest BCUT2D eigenvalue weighted by Gasteiger charge is -2.17. The first-order valence-corrected chi connectivity index (χ1v) is 6.24. The van der Waals surface area contributed by atoms with Gasteiger partial charge in [-0.3, -0.25) is 4.79 Å². The van der Waals surface area contributed by atoms with Crippen LogP contribution in [0.4, 0.5) is 0 Å². The molecule has 0 radical (unpaired) electrons. The number of hydrogen-bond acceptors (Lipinski definition) is 3. The van der Waals surface area contributed by atoms with E-state index in [9.17, 15) is 4.79 Å². The molecule has 94 valence electrons. The van der Waals surface area contributed by atoms with Crippen LogP contribution >= 0.6 is 0 Å². The Morgan fingerprint density at radius 2 is 2.00 bits per heavy atom. The van der Waals surface area contributed by atoms with Crippen molar-refractivity contribution in [1.29, 1.82) is 0 Å². The van der Waals surface area contributed by atoms with Crippen LogP contribution in [-0.4, -0.2) is 25.3 Å². The molecule has 1 aliphatic rings. The largest absolute Gasteiger partial charge is 0.463 e. The summed E-state index contributed by atoms with van der Waals surface area (Å²) in [5.41, 5.74) is 0.407. The Hall–Kier alpha value is -0.570. The standard InChI is InChI=1S/C13H24O3/c1-13(2,3)8-6-4-5-7-12(14)16-10-11-9-15-11/h11H,4-10H2,1-3H3/t11-/m1/s1. The number of carbonyl (C=O) groups excluding carboxylic acids is 1. The molecule has 0 bridgehead atoms. The third-order valence-electron chi connectivity index (χ3n) is 2.64. The van der Waals surface area contributed by atoms with E-state index in [4.69, 9.17) is 9.47 Å². The fourth-order valence-corrected chi connectivity index (χ4v) is 1.52. The molecule has 1 saturated heterocycles. The van der Waals surface area contributed by atoms with Crippen LogP contribution in [-0.2, 0) is 14.3 Å². The fourth-order valence-electron chi connectivity index (χ4n) is 1.52. The fraction of sp³-hybridized carbons (Fsp3) is 0.923. The van der Waals surface area contributed by atoms with Crippen molar-refractivity contribution < 1.29 is 14.3 Å². The normalized spacial score (nSPS) is 19.6. The van der Waals surface area contributed by atoms with E-state index in [0.29, 0.717) is 18.4 Å². The zero-order valence-electron chi connectivity index (χ0n) is 10.8. The molecule has 1 aliphatic heterocycles. The SMILES string of the molecule is CC(C)(C)CCCCCC(=O)OC[C@H]1CO1. The van der Waals surface area contributed by atoms with Crippen molar-refractivity contribution in [2.45, 2.75) is 59.0 Å². The second-order valence-corrected chi connectivity index (χ2v) is 5.76. The van der Waals surface area contributed by atoms with Crippen LogP contribution in [0.2, 0.25) is 0 Å². The van der Waals surface area contributed by atoms with Gasteiger partial charge in [0.15, 0.2) is 0 Å². The minimum absolute atomic E-state index is 0.0775. The molecular weight excluding hydrogens is 204 g/mol. The lowest BCUT2D eigenvalue weighted by molar-refractivity contribution is -0.144. The number of esters is 1. The molecule has 0 unspecified atom stereocenters. The summed E-state index contributed by atoms with van der Waals surface area (Å²) in [5, 5.41) is 0. The average Bonchev–Trinajstić information content (AvgIpc) is 2.95. The molecular formula is C13H24O3. The monoisotopic (exact) mass is 228 g/mol. The number of ether oxygens (including phenoxy) is 2.